The van der Waals surface area contributed by atoms with Crippen molar-refractivity contribution >= 4 is 26.4 Å². The number of rotatable bonds is 2. The zero-order valence-electron chi connectivity index (χ0n) is 10.8. The summed E-state index contributed by atoms with van der Waals surface area (Å²) < 4.78 is 4.87. The molecular formula is C14H11ClCuNO2Zn. The molecule has 0 aliphatic carbocycles. The maximum absolute atomic E-state index is 10.7. The summed E-state index contributed by atoms with van der Waals surface area (Å²) in [6.07, 6.45) is 0. The van der Waals surface area contributed by atoms with Gasteiger partial charge in [-0.1, -0.05) is 29.7 Å². The quantitative estimate of drug-likeness (QED) is 0.447. The van der Waals surface area contributed by atoms with E-state index < -0.39 is 0 Å². The van der Waals surface area contributed by atoms with Crippen LogP contribution in [-0.4, -0.2) is 5.97 Å². The minimum absolute atomic E-state index is 0. The van der Waals surface area contributed by atoms with Crippen molar-refractivity contribution in [2.45, 2.75) is 6.92 Å². The van der Waals surface area contributed by atoms with Crippen molar-refractivity contribution in [1.29, 1.82) is 5.26 Å². The van der Waals surface area contributed by atoms with E-state index in [1.165, 1.54) is 13.5 Å². The van der Waals surface area contributed by atoms with Crippen LogP contribution in [0.25, 0.3) is 10.8 Å². The van der Waals surface area contributed by atoms with Gasteiger partial charge in [0.2, 0.25) is 0 Å². The van der Waals surface area contributed by atoms with E-state index in [-0.39, 0.29) is 23.0 Å². The van der Waals surface area contributed by atoms with Crippen LogP contribution in [0.4, 0.5) is 0 Å². The van der Waals surface area contributed by atoms with Crippen LogP contribution in [0.1, 0.15) is 12.5 Å². The first-order valence-electron chi connectivity index (χ1n) is 5.24. The Balaban J connectivity index is 0. The SMILES string of the molecule is CC(=O)O[CH-]c1cccc2ccccc12.[C-]#N.[Cl][Zn+].[Cu+]. The fourth-order valence-corrected chi connectivity index (χ4v) is 1.50. The van der Waals surface area contributed by atoms with Crippen molar-refractivity contribution in [2.24, 2.45) is 0 Å². The van der Waals surface area contributed by atoms with E-state index in [9.17, 15) is 4.79 Å². The van der Waals surface area contributed by atoms with Crippen LogP contribution in [-0.2, 0) is 43.9 Å². The molecule has 0 saturated heterocycles. The van der Waals surface area contributed by atoms with Crippen molar-refractivity contribution in [2.75, 3.05) is 0 Å². The largest absolute Gasteiger partial charge is 1.00 e. The zero-order chi connectivity index (χ0) is 14.7. The average molecular weight is 390 g/mol. The number of esters is 1. The van der Waals surface area contributed by atoms with E-state index in [4.69, 9.17) is 26.3 Å². The van der Waals surface area contributed by atoms with Crippen molar-refractivity contribution < 1.29 is 43.9 Å². The Bertz CT molecular complexity index is 543. The van der Waals surface area contributed by atoms with Gasteiger partial charge in [0.15, 0.2) is 0 Å². The molecule has 20 heavy (non-hydrogen) atoms. The minimum atomic E-state index is -0.303. The van der Waals surface area contributed by atoms with Crippen molar-refractivity contribution in [3.63, 3.8) is 0 Å². The standard InChI is InChI=1S/C13H11O2.CN.ClH.Cu.Zn/c1-10(14)15-9-12-7-4-6-11-5-2-3-8-13(11)12;1-2;;;/h2-9H,1H3;;1H;;/q2*-1;;+1;+2/p-1. The zero-order valence-corrected chi connectivity index (χ0v) is 15.4. The van der Waals surface area contributed by atoms with Gasteiger partial charge in [0, 0.05) is 6.92 Å². The molecule has 0 fully saturated rings. The third kappa shape index (κ3) is 6.94. The molecule has 0 aliphatic heterocycles. The number of hydrogen-bond acceptors (Lipinski definition) is 3. The summed E-state index contributed by atoms with van der Waals surface area (Å²) >= 11 is 0.847. The number of fused-ring (bicyclic) bond motifs is 1. The number of halogens is 1. The Kier molecular flexibility index (Phi) is 13.8. The van der Waals surface area contributed by atoms with E-state index in [0.717, 1.165) is 33.6 Å². The Morgan fingerprint density at radius 1 is 1.20 bits per heavy atom. The van der Waals surface area contributed by atoms with Gasteiger partial charge in [0.1, 0.15) is 0 Å². The van der Waals surface area contributed by atoms with Crippen molar-refractivity contribution in [3.05, 3.63) is 61.2 Å². The van der Waals surface area contributed by atoms with Crippen LogP contribution >= 0.6 is 9.69 Å². The summed E-state index contributed by atoms with van der Waals surface area (Å²) in [5, 5.41) is 8.47. The topological polar surface area (TPSA) is 50.1 Å². The fourth-order valence-electron chi connectivity index (χ4n) is 1.50. The predicted octanol–water partition coefficient (Wildman–Crippen LogP) is 3.69. The van der Waals surface area contributed by atoms with Crippen LogP contribution in [0, 0.1) is 18.4 Å². The second-order valence-electron chi connectivity index (χ2n) is 3.30. The molecule has 0 N–H and O–H groups in total. The van der Waals surface area contributed by atoms with Gasteiger partial charge in [-0.25, -0.2) is 0 Å². The number of ether oxygens (including phenoxy) is 1. The van der Waals surface area contributed by atoms with E-state index in [2.05, 4.69) is 0 Å². The molecule has 0 bridgehead atoms. The molecule has 0 unspecified atom stereocenters. The molecule has 0 aromatic heterocycles. The van der Waals surface area contributed by atoms with Gasteiger partial charge >= 0.3 is 44.1 Å². The molecule has 0 spiro atoms. The number of benzene rings is 2. The third-order valence-electron chi connectivity index (χ3n) is 2.18. The second-order valence-corrected chi connectivity index (χ2v) is 3.30. The normalized spacial score (nSPS) is 7.90. The molecule has 6 heteroatoms. The van der Waals surface area contributed by atoms with E-state index in [0.29, 0.717) is 0 Å². The second kappa shape index (κ2) is 13.0. The summed E-state index contributed by atoms with van der Waals surface area (Å²) in [4.78, 5) is 10.7. The molecule has 3 nitrogen and oxygen atoms in total. The van der Waals surface area contributed by atoms with Gasteiger partial charge < -0.3 is 16.6 Å². The summed E-state index contributed by atoms with van der Waals surface area (Å²) in [5.41, 5.74) is 0.920. The van der Waals surface area contributed by atoms with Crippen LogP contribution in [0.3, 0.4) is 0 Å². The molecule has 0 radical (unpaired) electrons. The monoisotopic (exact) mass is 387 g/mol. The van der Waals surface area contributed by atoms with E-state index >= 15 is 0 Å². The maximum atomic E-state index is 10.7. The molecule has 104 valence electrons. The fraction of sp³-hybridized carbons (Fsp3) is 0.0714. The van der Waals surface area contributed by atoms with Gasteiger partial charge in [-0.15, -0.1) is 23.1 Å². The third-order valence-corrected chi connectivity index (χ3v) is 2.18. The Labute approximate surface area is 143 Å². The molecule has 0 aliphatic rings. The van der Waals surface area contributed by atoms with Crippen LogP contribution < -0.4 is 0 Å². The average Bonchev–Trinajstić information content (AvgIpc) is 2.49. The van der Waals surface area contributed by atoms with Crippen molar-refractivity contribution in [3.8, 4) is 0 Å². The molecule has 0 heterocycles. The van der Waals surface area contributed by atoms with Crippen molar-refractivity contribution in [1.82, 2.24) is 0 Å². The number of carbonyl (C=O) groups excluding carboxylic acids is 1. The molecule has 0 saturated carbocycles. The predicted molar refractivity (Wildman–Crippen MR) is 69.9 cm³/mol. The van der Waals surface area contributed by atoms with E-state index in [1.54, 1.807) is 0 Å². The van der Waals surface area contributed by atoms with Crippen LogP contribution in [0.2, 0.25) is 0 Å². The molecular weight excluding hydrogens is 379 g/mol. The Morgan fingerprint density at radius 2 is 1.75 bits per heavy atom. The van der Waals surface area contributed by atoms with Gasteiger partial charge in [-0.2, -0.15) is 6.07 Å². The van der Waals surface area contributed by atoms with E-state index in [1.807, 2.05) is 42.5 Å². The Hall–Kier alpha value is -1.04. The summed E-state index contributed by atoms with van der Waals surface area (Å²) in [7, 11) is 4.76. The molecule has 2 aromatic rings. The summed E-state index contributed by atoms with van der Waals surface area (Å²) in [6.45, 7) is 7.63. The first-order chi connectivity index (χ1) is 9.27. The minimum Gasteiger partial charge on any atom is 1.00 e. The van der Waals surface area contributed by atoms with Crippen LogP contribution in [0.5, 0.6) is 0 Å². The van der Waals surface area contributed by atoms with Crippen LogP contribution in [0.15, 0.2) is 42.5 Å². The molecule has 0 amide bonds. The van der Waals surface area contributed by atoms with Gasteiger partial charge in [-0.05, 0) is 6.61 Å². The summed E-state index contributed by atoms with van der Waals surface area (Å²) in [5.74, 6) is -0.303. The first kappa shape index (κ1) is 21.3. The maximum Gasteiger partial charge on any atom is 1.00 e. The molecule has 2 aromatic carbocycles. The number of hydrogen-bond donors (Lipinski definition) is 0. The van der Waals surface area contributed by atoms with Gasteiger partial charge in [0.05, 0.1) is 0 Å². The van der Waals surface area contributed by atoms with Gasteiger partial charge in [0.25, 0.3) is 5.97 Å². The van der Waals surface area contributed by atoms with Gasteiger partial charge in [-0.3, -0.25) is 4.79 Å². The first-order valence-corrected chi connectivity index (χ1v) is 9.14. The smallest absolute Gasteiger partial charge is 1.00 e. The number of nitrogens with zero attached hydrogens (tertiary/aromatic N) is 1. The molecule has 0 atom stereocenters. The molecule has 2 rings (SSSR count). The number of carbonyl (C=O) groups is 1. The Morgan fingerprint density at radius 3 is 2.35 bits per heavy atom. The summed E-state index contributed by atoms with van der Waals surface area (Å²) in [6, 6.07) is 13.9.